The molecule has 28 heavy (non-hydrogen) atoms. The van der Waals surface area contributed by atoms with Crippen molar-refractivity contribution >= 4 is 6.09 Å². The van der Waals surface area contributed by atoms with Gasteiger partial charge in [-0.25, -0.2) is 4.79 Å². The highest BCUT2D eigenvalue weighted by Gasteiger charge is 2.41. The molecule has 1 saturated carbocycles. The summed E-state index contributed by atoms with van der Waals surface area (Å²) in [6, 6.07) is 10.3. The first-order chi connectivity index (χ1) is 13.2. The van der Waals surface area contributed by atoms with E-state index in [1.165, 1.54) is 18.4 Å². The lowest BCUT2D eigenvalue weighted by Gasteiger charge is -2.34. The Labute approximate surface area is 170 Å². The third-order valence-corrected chi connectivity index (χ3v) is 5.46. The Morgan fingerprint density at radius 1 is 1.21 bits per heavy atom. The Kier molecular flexibility index (Phi) is 8.32. The van der Waals surface area contributed by atoms with E-state index < -0.39 is 5.60 Å². The molecular formula is C23H38N2O3. The second-order valence-electron chi connectivity index (χ2n) is 9.16. The number of hydrogen-bond donors (Lipinski definition) is 2. The number of rotatable bonds is 3. The summed E-state index contributed by atoms with van der Waals surface area (Å²) in [6.45, 7) is 8.81. The number of ether oxygens (including phenoxy) is 1. The molecule has 1 amide bonds. The molecule has 3 rings (SSSR count). The van der Waals surface area contributed by atoms with E-state index in [4.69, 9.17) is 10.5 Å². The standard InChI is InChI=1S/C16H29NO3.C7H9N/c1-11(18)13-6-5-7-14(12-8-9-12)17(10-13)15(19)20-16(2,3)4;8-6-7-4-2-1-3-5-7/h11-14,18H,5-10H2,1-4H3;1-5H,6,8H2. The molecule has 2 aliphatic rings. The van der Waals surface area contributed by atoms with E-state index in [2.05, 4.69) is 0 Å². The van der Waals surface area contributed by atoms with Gasteiger partial charge in [0.2, 0.25) is 0 Å². The Morgan fingerprint density at radius 2 is 1.86 bits per heavy atom. The van der Waals surface area contributed by atoms with E-state index >= 15 is 0 Å². The molecular weight excluding hydrogens is 352 g/mol. The number of likely N-dealkylation sites (tertiary alicyclic amines) is 1. The predicted molar refractivity (Wildman–Crippen MR) is 113 cm³/mol. The van der Waals surface area contributed by atoms with Gasteiger partial charge in [0, 0.05) is 25.0 Å². The molecule has 5 nitrogen and oxygen atoms in total. The third-order valence-electron chi connectivity index (χ3n) is 5.46. The number of carbonyl (C=O) groups is 1. The SMILES string of the molecule is CC(O)C1CCCC(C2CC2)N(C(=O)OC(C)(C)C)C1.NCc1ccccc1. The molecule has 0 radical (unpaired) electrons. The van der Waals surface area contributed by atoms with Crippen molar-refractivity contribution in [3.05, 3.63) is 35.9 Å². The Morgan fingerprint density at radius 3 is 2.32 bits per heavy atom. The van der Waals surface area contributed by atoms with Gasteiger partial charge < -0.3 is 20.5 Å². The highest BCUT2D eigenvalue weighted by atomic mass is 16.6. The van der Waals surface area contributed by atoms with Crippen molar-refractivity contribution in [2.75, 3.05) is 6.54 Å². The number of nitrogens with zero attached hydrogens (tertiary/aromatic N) is 1. The summed E-state index contributed by atoms with van der Waals surface area (Å²) in [6.07, 6.45) is 5.02. The van der Waals surface area contributed by atoms with Crippen LogP contribution in [0.4, 0.5) is 4.79 Å². The molecule has 3 unspecified atom stereocenters. The minimum Gasteiger partial charge on any atom is -0.444 e. The summed E-state index contributed by atoms with van der Waals surface area (Å²) >= 11 is 0. The first kappa shape index (κ1) is 22.7. The Balaban J connectivity index is 0.000000292. The fraction of sp³-hybridized carbons (Fsp3) is 0.696. The molecule has 3 atom stereocenters. The normalized spacial score (nSPS) is 23.9. The second kappa shape index (κ2) is 10.3. The van der Waals surface area contributed by atoms with Crippen LogP contribution in [0.1, 0.15) is 65.4 Å². The molecule has 1 aliphatic heterocycles. The highest BCUT2D eigenvalue weighted by Crippen LogP contribution is 2.40. The van der Waals surface area contributed by atoms with Gasteiger partial charge in [-0.3, -0.25) is 0 Å². The molecule has 5 heteroatoms. The zero-order valence-electron chi connectivity index (χ0n) is 17.9. The average molecular weight is 391 g/mol. The van der Waals surface area contributed by atoms with Gasteiger partial charge in [-0.1, -0.05) is 36.8 Å². The van der Waals surface area contributed by atoms with E-state index in [-0.39, 0.29) is 18.1 Å². The maximum Gasteiger partial charge on any atom is 0.410 e. The lowest BCUT2D eigenvalue weighted by molar-refractivity contribution is 0.00599. The first-order valence-electron chi connectivity index (χ1n) is 10.6. The van der Waals surface area contributed by atoms with E-state index in [1.807, 2.05) is 62.9 Å². The van der Waals surface area contributed by atoms with Gasteiger partial charge in [0.05, 0.1) is 6.10 Å². The van der Waals surface area contributed by atoms with Crippen molar-refractivity contribution in [1.82, 2.24) is 4.90 Å². The van der Waals surface area contributed by atoms with Crippen LogP contribution in [0.15, 0.2) is 30.3 Å². The topological polar surface area (TPSA) is 75.8 Å². The van der Waals surface area contributed by atoms with E-state index in [0.717, 1.165) is 19.3 Å². The van der Waals surface area contributed by atoms with Crippen LogP contribution in [0, 0.1) is 11.8 Å². The summed E-state index contributed by atoms with van der Waals surface area (Å²) in [5.74, 6) is 0.821. The maximum atomic E-state index is 12.5. The highest BCUT2D eigenvalue weighted by molar-refractivity contribution is 5.68. The predicted octanol–water partition coefficient (Wildman–Crippen LogP) is 4.33. The zero-order valence-corrected chi connectivity index (χ0v) is 17.9. The van der Waals surface area contributed by atoms with Crippen LogP contribution in [0.2, 0.25) is 0 Å². The molecule has 2 fully saturated rings. The van der Waals surface area contributed by atoms with Gasteiger partial charge in [0.15, 0.2) is 0 Å². The molecule has 158 valence electrons. The summed E-state index contributed by atoms with van der Waals surface area (Å²) in [5.41, 5.74) is 6.08. The van der Waals surface area contributed by atoms with Gasteiger partial charge in [-0.05, 0) is 64.9 Å². The minimum absolute atomic E-state index is 0.172. The average Bonchev–Trinajstić information content (AvgIpc) is 3.47. The monoisotopic (exact) mass is 390 g/mol. The molecule has 1 saturated heterocycles. The van der Waals surface area contributed by atoms with Crippen LogP contribution in [0.25, 0.3) is 0 Å². The number of aliphatic hydroxyl groups is 1. The van der Waals surface area contributed by atoms with Gasteiger partial charge in [-0.2, -0.15) is 0 Å². The van der Waals surface area contributed by atoms with Crippen molar-refractivity contribution in [2.24, 2.45) is 17.6 Å². The van der Waals surface area contributed by atoms with Crippen LogP contribution in [-0.4, -0.2) is 40.4 Å². The lowest BCUT2D eigenvalue weighted by atomic mass is 9.98. The Bertz CT molecular complexity index is 594. The molecule has 1 aliphatic carbocycles. The van der Waals surface area contributed by atoms with Crippen molar-refractivity contribution in [3.8, 4) is 0 Å². The molecule has 0 aromatic heterocycles. The van der Waals surface area contributed by atoms with Gasteiger partial charge >= 0.3 is 6.09 Å². The van der Waals surface area contributed by atoms with Crippen molar-refractivity contribution in [2.45, 2.75) is 84.1 Å². The summed E-state index contributed by atoms with van der Waals surface area (Å²) in [5, 5.41) is 9.90. The van der Waals surface area contributed by atoms with Crippen molar-refractivity contribution in [3.63, 3.8) is 0 Å². The summed E-state index contributed by atoms with van der Waals surface area (Å²) in [4.78, 5) is 14.4. The molecule has 1 aromatic carbocycles. The number of hydrogen-bond acceptors (Lipinski definition) is 4. The number of benzene rings is 1. The van der Waals surface area contributed by atoms with Crippen LogP contribution in [0.5, 0.6) is 0 Å². The van der Waals surface area contributed by atoms with Crippen LogP contribution >= 0.6 is 0 Å². The lowest BCUT2D eigenvalue weighted by Crippen LogP contribution is -2.46. The minimum atomic E-state index is -0.461. The molecule has 3 N–H and O–H groups in total. The van der Waals surface area contributed by atoms with Crippen molar-refractivity contribution in [1.29, 1.82) is 0 Å². The quantitative estimate of drug-likeness (QED) is 0.805. The van der Waals surface area contributed by atoms with Gasteiger partial charge in [-0.15, -0.1) is 0 Å². The molecule has 0 bridgehead atoms. The van der Waals surface area contributed by atoms with Gasteiger partial charge in [0.25, 0.3) is 0 Å². The fourth-order valence-electron chi connectivity index (χ4n) is 3.73. The van der Waals surface area contributed by atoms with Crippen LogP contribution < -0.4 is 5.73 Å². The van der Waals surface area contributed by atoms with Crippen molar-refractivity contribution < 1.29 is 14.6 Å². The third kappa shape index (κ3) is 7.44. The fourth-order valence-corrected chi connectivity index (χ4v) is 3.73. The Hall–Kier alpha value is -1.59. The first-order valence-corrected chi connectivity index (χ1v) is 10.6. The van der Waals surface area contributed by atoms with Gasteiger partial charge in [0.1, 0.15) is 5.60 Å². The molecule has 0 spiro atoms. The smallest absolute Gasteiger partial charge is 0.410 e. The number of aliphatic hydroxyl groups excluding tert-OH is 1. The number of amides is 1. The van der Waals surface area contributed by atoms with E-state index in [1.54, 1.807) is 0 Å². The largest absolute Gasteiger partial charge is 0.444 e. The van der Waals surface area contributed by atoms with E-state index in [9.17, 15) is 9.90 Å². The maximum absolute atomic E-state index is 12.5. The van der Waals surface area contributed by atoms with E-state index in [0.29, 0.717) is 25.0 Å². The zero-order chi connectivity index (χ0) is 20.7. The summed E-state index contributed by atoms with van der Waals surface area (Å²) in [7, 11) is 0. The summed E-state index contributed by atoms with van der Waals surface area (Å²) < 4.78 is 5.57. The number of nitrogens with two attached hydrogens (primary N) is 1. The molecule has 1 aromatic rings. The van der Waals surface area contributed by atoms with Crippen LogP contribution in [-0.2, 0) is 11.3 Å². The van der Waals surface area contributed by atoms with Crippen LogP contribution in [0.3, 0.4) is 0 Å². The molecule has 1 heterocycles. The second-order valence-corrected chi connectivity index (χ2v) is 9.16. The number of carbonyl (C=O) groups excluding carboxylic acids is 1.